The van der Waals surface area contributed by atoms with Crippen molar-refractivity contribution in [3.8, 4) is 28.3 Å². The second-order valence-corrected chi connectivity index (χ2v) is 9.20. The van der Waals surface area contributed by atoms with Crippen molar-refractivity contribution in [2.45, 2.75) is 4.90 Å². The summed E-state index contributed by atoms with van der Waals surface area (Å²) in [6, 6.07) is 11.1. The van der Waals surface area contributed by atoms with E-state index >= 15 is 0 Å². The summed E-state index contributed by atoms with van der Waals surface area (Å²) in [5, 5.41) is 8.37. The van der Waals surface area contributed by atoms with Gasteiger partial charge in [0.2, 0.25) is 5.88 Å². The summed E-state index contributed by atoms with van der Waals surface area (Å²) >= 11 is 0. The Morgan fingerprint density at radius 3 is 2.47 bits per heavy atom. The van der Waals surface area contributed by atoms with Gasteiger partial charge in [-0.3, -0.25) is 4.72 Å². The van der Waals surface area contributed by atoms with Crippen molar-refractivity contribution in [3.05, 3.63) is 85.1 Å². The molecule has 0 fully saturated rings. The molecule has 0 aliphatic heterocycles. The number of hydrogen-bond donors (Lipinski definition) is 1. The molecule has 0 saturated heterocycles. The molecule has 0 atom stereocenters. The van der Waals surface area contributed by atoms with Gasteiger partial charge in [-0.25, -0.2) is 32.2 Å². The van der Waals surface area contributed by atoms with E-state index in [1.807, 2.05) is 24.3 Å². The molecule has 0 unspecified atom stereocenters. The van der Waals surface area contributed by atoms with Crippen LogP contribution in [-0.4, -0.2) is 40.7 Å². The fraction of sp³-hybridized carbons (Fsp3) is 0.0417. The average molecular weight is 506 g/mol. The van der Waals surface area contributed by atoms with Crippen LogP contribution in [0.1, 0.15) is 0 Å². The molecule has 1 N–H and O–H groups in total. The van der Waals surface area contributed by atoms with Gasteiger partial charge in [0.1, 0.15) is 28.5 Å². The van der Waals surface area contributed by atoms with Gasteiger partial charge in [0.15, 0.2) is 0 Å². The van der Waals surface area contributed by atoms with E-state index in [9.17, 15) is 17.2 Å². The molecule has 12 heteroatoms. The highest BCUT2D eigenvalue weighted by Crippen LogP contribution is 2.34. The fourth-order valence-electron chi connectivity index (χ4n) is 3.64. The lowest BCUT2D eigenvalue weighted by Crippen LogP contribution is -2.16. The second kappa shape index (κ2) is 9.23. The summed E-state index contributed by atoms with van der Waals surface area (Å²) in [4.78, 5) is 12.2. The summed E-state index contributed by atoms with van der Waals surface area (Å²) in [6.45, 7) is 0. The Balaban J connectivity index is 1.60. The van der Waals surface area contributed by atoms with E-state index in [4.69, 9.17) is 4.74 Å². The first kappa shape index (κ1) is 23.2. The number of methoxy groups -OCH3 is 1. The van der Waals surface area contributed by atoms with Gasteiger partial charge in [-0.2, -0.15) is 10.2 Å². The molecule has 0 bridgehead atoms. The Morgan fingerprint density at radius 1 is 0.861 bits per heavy atom. The third-order valence-corrected chi connectivity index (χ3v) is 6.70. The zero-order chi connectivity index (χ0) is 25.3. The van der Waals surface area contributed by atoms with Crippen LogP contribution in [0.2, 0.25) is 0 Å². The molecule has 0 amide bonds. The van der Waals surface area contributed by atoms with Gasteiger partial charge in [-0.05, 0) is 42.0 Å². The molecular formula is C24H16F2N6O3S. The molecule has 36 heavy (non-hydrogen) atoms. The van der Waals surface area contributed by atoms with Crippen LogP contribution in [0.25, 0.3) is 33.3 Å². The monoisotopic (exact) mass is 506 g/mol. The summed E-state index contributed by atoms with van der Waals surface area (Å²) in [5.41, 5.74) is 3.21. The second-order valence-electron chi connectivity index (χ2n) is 7.55. The Labute approximate surface area is 203 Å². The van der Waals surface area contributed by atoms with E-state index in [2.05, 4.69) is 29.9 Å². The Hall–Kier alpha value is -4.58. The third kappa shape index (κ3) is 4.41. The van der Waals surface area contributed by atoms with Gasteiger partial charge in [-0.15, -0.1) is 0 Å². The fourth-order valence-corrected chi connectivity index (χ4v) is 4.75. The largest absolute Gasteiger partial charge is 0.480 e. The lowest BCUT2D eigenvalue weighted by Gasteiger charge is -2.14. The first-order valence-electron chi connectivity index (χ1n) is 10.4. The van der Waals surface area contributed by atoms with Gasteiger partial charge < -0.3 is 4.74 Å². The Bertz CT molecular complexity index is 1700. The van der Waals surface area contributed by atoms with Crippen LogP contribution in [-0.2, 0) is 10.0 Å². The number of hydrogen-bond acceptors (Lipinski definition) is 8. The molecular weight excluding hydrogens is 490 g/mol. The lowest BCUT2D eigenvalue weighted by atomic mass is 10.0. The number of nitrogens with one attached hydrogen (secondary N) is 1. The van der Waals surface area contributed by atoms with Crippen molar-refractivity contribution in [2.24, 2.45) is 0 Å². The summed E-state index contributed by atoms with van der Waals surface area (Å²) in [6.07, 6.45) is 6.06. The number of fused-ring (bicyclic) bond motifs is 1. The maximum absolute atomic E-state index is 14.2. The van der Waals surface area contributed by atoms with Crippen LogP contribution in [0.4, 0.5) is 14.5 Å². The molecule has 5 rings (SSSR count). The number of nitrogens with zero attached hydrogens (tertiary/aromatic N) is 5. The number of ether oxygens (including phenoxy) is 1. The minimum absolute atomic E-state index is 0.0493. The van der Waals surface area contributed by atoms with Crippen molar-refractivity contribution < 1.29 is 21.9 Å². The number of sulfonamides is 1. The molecule has 0 spiro atoms. The first-order valence-corrected chi connectivity index (χ1v) is 11.9. The van der Waals surface area contributed by atoms with Crippen molar-refractivity contribution in [1.82, 2.24) is 25.1 Å². The van der Waals surface area contributed by atoms with Crippen molar-refractivity contribution >= 4 is 26.6 Å². The van der Waals surface area contributed by atoms with E-state index in [-0.39, 0.29) is 11.6 Å². The summed E-state index contributed by atoms with van der Waals surface area (Å²) in [7, 11) is -3.12. The molecule has 3 heterocycles. The number of benzene rings is 2. The number of halogens is 2. The van der Waals surface area contributed by atoms with E-state index in [1.165, 1.54) is 25.7 Å². The van der Waals surface area contributed by atoms with E-state index < -0.39 is 26.6 Å². The molecule has 0 aliphatic rings. The smallest absolute Gasteiger partial charge is 0.264 e. The third-order valence-electron chi connectivity index (χ3n) is 5.30. The van der Waals surface area contributed by atoms with Gasteiger partial charge in [-0.1, -0.05) is 6.07 Å². The first-order chi connectivity index (χ1) is 17.4. The summed E-state index contributed by atoms with van der Waals surface area (Å²) < 4.78 is 60.7. The molecule has 5 aromatic rings. The maximum Gasteiger partial charge on any atom is 0.264 e. The molecule has 180 valence electrons. The van der Waals surface area contributed by atoms with Gasteiger partial charge in [0, 0.05) is 28.8 Å². The highest BCUT2D eigenvalue weighted by Gasteiger charge is 2.22. The van der Waals surface area contributed by atoms with Crippen LogP contribution in [0, 0.1) is 11.6 Å². The number of aromatic nitrogens is 5. The zero-order valence-electron chi connectivity index (χ0n) is 18.6. The van der Waals surface area contributed by atoms with Gasteiger partial charge >= 0.3 is 0 Å². The van der Waals surface area contributed by atoms with E-state index in [0.717, 1.165) is 23.3 Å². The number of anilines is 1. The molecule has 0 aliphatic carbocycles. The van der Waals surface area contributed by atoms with Crippen LogP contribution < -0.4 is 9.46 Å². The topological polar surface area (TPSA) is 120 Å². The predicted molar refractivity (Wildman–Crippen MR) is 128 cm³/mol. The molecule has 0 saturated carbocycles. The number of pyridine rings is 1. The van der Waals surface area contributed by atoms with Gasteiger partial charge in [0.25, 0.3) is 10.0 Å². The van der Waals surface area contributed by atoms with Crippen molar-refractivity contribution in [1.29, 1.82) is 0 Å². The quantitative estimate of drug-likeness (QED) is 0.363. The van der Waals surface area contributed by atoms with E-state index in [1.54, 1.807) is 12.4 Å². The lowest BCUT2D eigenvalue weighted by molar-refractivity contribution is 0.400. The normalized spacial score (nSPS) is 11.4. The highest BCUT2D eigenvalue weighted by molar-refractivity contribution is 7.92. The van der Waals surface area contributed by atoms with Gasteiger partial charge in [0.05, 0.1) is 30.7 Å². The zero-order valence-corrected chi connectivity index (χ0v) is 19.4. The number of rotatable bonds is 6. The molecule has 3 aromatic heterocycles. The van der Waals surface area contributed by atoms with Crippen molar-refractivity contribution in [2.75, 3.05) is 11.8 Å². The SMILES string of the molecule is COc1ncc(-c2ncnc3ccc(-c4ccnnc4)cc23)cc1NS(=O)(=O)c1ccc(F)cc1F. The predicted octanol–water partition coefficient (Wildman–Crippen LogP) is 4.24. The van der Waals surface area contributed by atoms with Crippen LogP contribution >= 0.6 is 0 Å². The maximum atomic E-state index is 14.2. The highest BCUT2D eigenvalue weighted by atomic mass is 32.2. The minimum Gasteiger partial charge on any atom is -0.480 e. The Morgan fingerprint density at radius 2 is 1.72 bits per heavy atom. The van der Waals surface area contributed by atoms with Crippen LogP contribution in [0.15, 0.2) is 78.3 Å². The molecule has 9 nitrogen and oxygen atoms in total. The summed E-state index contributed by atoms with van der Waals surface area (Å²) in [5.74, 6) is -2.18. The standard InChI is InChI=1S/C24H16F2N6O3S/c1-35-24-21(32-36(33,34)22-5-3-17(25)10-19(22)26)9-16(11-27-24)23-18-8-14(15-6-7-30-31-12-15)2-4-20(18)28-13-29-23/h2-13,32H,1H3. The average Bonchev–Trinajstić information content (AvgIpc) is 2.88. The molecule has 2 aromatic carbocycles. The van der Waals surface area contributed by atoms with Crippen LogP contribution in [0.5, 0.6) is 5.88 Å². The molecule has 0 radical (unpaired) electrons. The van der Waals surface area contributed by atoms with Crippen LogP contribution in [0.3, 0.4) is 0 Å². The van der Waals surface area contributed by atoms with Crippen molar-refractivity contribution in [3.63, 3.8) is 0 Å². The Kier molecular flexibility index (Phi) is 5.94. The minimum atomic E-state index is -4.43. The van der Waals surface area contributed by atoms with E-state index in [0.29, 0.717) is 28.2 Å².